The van der Waals surface area contributed by atoms with E-state index in [1.165, 1.54) is 0 Å². The summed E-state index contributed by atoms with van der Waals surface area (Å²) < 4.78 is 4.47. The Kier molecular flexibility index (Phi) is 4.20. The third-order valence-electron chi connectivity index (χ3n) is 0.526. The Labute approximate surface area is 48.0 Å². The SMILES string of the molecule is CCOC(=O)C[N-]N. The van der Waals surface area contributed by atoms with Crippen molar-refractivity contribution >= 4 is 5.97 Å². The van der Waals surface area contributed by atoms with Crippen LogP contribution in [0.25, 0.3) is 5.43 Å². The number of hydrogen-bond donors (Lipinski definition) is 1. The largest absolute Gasteiger partial charge is 0.591 e. The second kappa shape index (κ2) is 4.55. The first kappa shape index (κ1) is 7.39. The first-order valence-corrected chi connectivity index (χ1v) is 2.33. The highest BCUT2D eigenvalue weighted by Crippen LogP contribution is 1.78. The van der Waals surface area contributed by atoms with Gasteiger partial charge in [0.15, 0.2) is 0 Å². The molecule has 4 heteroatoms. The van der Waals surface area contributed by atoms with E-state index < -0.39 is 0 Å². The van der Waals surface area contributed by atoms with Crippen LogP contribution in [0.3, 0.4) is 0 Å². The zero-order valence-electron chi connectivity index (χ0n) is 4.76. The minimum Gasteiger partial charge on any atom is -0.591 e. The van der Waals surface area contributed by atoms with Crippen LogP contribution in [-0.4, -0.2) is 19.1 Å². The van der Waals surface area contributed by atoms with E-state index in [9.17, 15) is 4.79 Å². The van der Waals surface area contributed by atoms with Crippen LogP contribution in [0.1, 0.15) is 6.92 Å². The molecule has 4 nitrogen and oxygen atoms in total. The highest BCUT2D eigenvalue weighted by atomic mass is 16.5. The maximum atomic E-state index is 10.2. The Bertz CT molecular complexity index is 66.4. The molecule has 48 valence electrons. The maximum Gasteiger partial charge on any atom is 0.285 e. The van der Waals surface area contributed by atoms with Crippen molar-refractivity contribution in [2.75, 3.05) is 13.2 Å². The summed E-state index contributed by atoms with van der Waals surface area (Å²) in [7, 11) is 0. The molecule has 0 rings (SSSR count). The Morgan fingerprint density at radius 1 is 1.88 bits per heavy atom. The lowest BCUT2D eigenvalue weighted by Crippen LogP contribution is -2.10. The number of hydrogen-bond acceptors (Lipinski definition) is 3. The molecule has 2 N–H and O–H groups in total. The normalized spacial score (nSPS) is 8.75. The van der Waals surface area contributed by atoms with E-state index in [0.29, 0.717) is 6.61 Å². The standard InChI is InChI=1S/C4H9N2O2/c1-2-8-4(7)3-6-5/h2-3,5H2,1H3/q-1. The van der Waals surface area contributed by atoms with Gasteiger partial charge in [-0.05, 0) is 13.5 Å². The number of nitrogens with zero attached hydrogens (tertiary/aromatic N) is 1. The average molecular weight is 117 g/mol. The summed E-state index contributed by atoms with van der Waals surface area (Å²) in [6.07, 6.45) is 0. The second-order valence-corrected chi connectivity index (χ2v) is 1.15. The minimum atomic E-state index is -0.380. The molecule has 0 fully saturated rings. The number of esters is 1. The zero-order chi connectivity index (χ0) is 6.41. The van der Waals surface area contributed by atoms with Gasteiger partial charge in [-0.25, -0.2) is 0 Å². The third-order valence-corrected chi connectivity index (χ3v) is 0.526. The number of ether oxygens (including phenoxy) is 1. The molecule has 0 unspecified atom stereocenters. The van der Waals surface area contributed by atoms with Crippen LogP contribution in [0, 0.1) is 0 Å². The van der Waals surface area contributed by atoms with Crippen LogP contribution in [0.2, 0.25) is 0 Å². The van der Waals surface area contributed by atoms with Gasteiger partial charge in [0.05, 0.1) is 6.61 Å². The van der Waals surface area contributed by atoms with E-state index in [4.69, 9.17) is 0 Å². The van der Waals surface area contributed by atoms with Crippen LogP contribution < -0.4 is 5.84 Å². The quantitative estimate of drug-likeness (QED) is 0.316. The zero-order valence-corrected chi connectivity index (χ0v) is 4.76. The molecule has 0 radical (unpaired) electrons. The smallest absolute Gasteiger partial charge is 0.285 e. The van der Waals surface area contributed by atoms with Crippen LogP contribution in [0.5, 0.6) is 0 Å². The fraction of sp³-hybridized carbons (Fsp3) is 0.750. The van der Waals surface area contributed by atoms with Crippen molar-refractivity contribution in [3.05, 3.63) is 5.43 Å². The average Bonchev–Trinajstić information content (AvgIpc) is 1.68. The van der Waals surface area contributed by atoms with Gasteiger partial charge >= 0.3 is 0 Å². The highest BCUT2D eigenvalue weighted by molar-refractivity contribution is 5.73. The lowest BCUT2D eigenvalue weighted by atomic mass is 10.7. The van der Waals surface area contributed by atoms with Gasteiger partial charge in [-0.1, -0.05) is 0 Å². The van der Waals surface area contributed by atoms with Gasteiger partial charge in [0.25, 0.3) is 5.97 Å². The van der Waals surface area contributed by atoms with Gasteiger partial charge in [-0.15, -0.1) is 0 Å². The highest BCUT2D eigenvalue weighted by Gasteiger charge is 1.88. The van der Waals surface area contributed by atoms with Crippen LogP contribution in [-0.2, 0) is 9.53 Å². The van der Waals surface area contributed by atoms with Crippen molar-refractivity contribution in [2.24, 2.45) is 5.84 Å². The van der Waals surface area contributed by atoms with E-state index >= 15 is 0 Å². The summed E-state index contributed by atoms with van der Waals surface area (Å²) in [6.45, 7) is 2.07. The summed E-state index contributed by atoms with van der Waals surface area (Å²) in [6, 6.07) is 0. The van der Waals surface area contributed by atoms with Crippen molar-refractivity contribution < 1.29 is 9.53 Å². The van der Waals surface area contributed by atoms with E-state index in [1.54, 1.807) is 6.92 Å². The van der Waals surface area contributed by atoms with Gasteiger partial charge in [0.1, 0.15) is 0 Å². The molecule has 0 spiro atoms. The van der Waals surface area contributed by atoms with Gasteiger partial charge in [0.2, 0.25) is 0 Å². The molecule has 0 aromatic rings. The third kappa shape index (κ3) is 3.58. The minimum absolute atomic E-state index is 0.0478. The van der Waals surface area contributed by atoms with Crippen LogP contribution >= 0.6 is 0 Å². The predicted octanol–water partition coefficient (Wildman–Crippen LogP) is -0.203. The molecule has 0 aliphatic rings. The summed E-state index contributed by atoms with van der Waals surface area (Å²) in [4.78, 5) is 10.2. The van der Waals surface area contributed by atoms with Crippen molar-refractivity contribution in [1.82, 2.24) is 0 Å². The van der Waals surface area contributed by atoms with Crippen molar-refractivity contribution in [1.29, 1.82) is 0 Å². The molecule has 0 aliphatic carbocycles. The first-order valence-electron chi connectivity index (χ1n) is 2.33. The molecule has 0 aromatic carbocycles. The van der Waals surface area contributed by atoms with Gasteiger partial charge in [-0.2, -0.15) is 0 Å². The maximum absolute atomic E-state index is 10.2. The Morgan fingerprint density at radius 3 is 2.88 bits per heavy atom. The summed E-state index contributed by atoms with van der Waals surface area (Å²) in [5.41, 5.74) is 3.08. The molecule has 0 saturated heterocycles. The molecule has 0 amide bonds. The summed E-state index contributed by atoms with van der Waals surface area (Å²) >= 11 is 0. The first-order chi connectivity index (χ1) is 3.81. The molecular formula is C4H9N2O2-. The van der Waals surface area contributed by atoms with Crippen molar-refractivity contribution in [3.63, 3.8) is 0 Å². The molecule has 0 atom stereocenters. The van der Waals surface area contributed by atoms with Gasteiger partial charge in [0, 0.05) is 0 Å². The van der Waals surface area contributed by atoms with Crippen molar-refractivity contribution in [2.45, 2.75) is 6.92 Å². The summed E-state index contributed by atoms with van der Waals surface area (Å²) in [5, 5.41) is 0. The summed E-state index contributed by atoms with van der Waals surface area (Å²) in [5.74, 6) is 4.30. The lowest BCUT2D eigenvalue weighted by Gasteiger charge is -2.08. The van der Waals surface area contributed by atoms with Crippen LogP contribution in [0.4, 0.5) is 0 Å². The lowest BCUT2D eigenvalue weighted by molar-refractivity contribution is -0.140. The van der Waals surface area contributed by atoms with E-state index in [1.807, 2.05) is 0 Å². The molecule has 0 heterocycles. The molecule has 0 aromatic heterocycles. The van der Waals surface area contributed by atoms with Crippen molar-refractivity contribution in [3.8, 4) is 0 Å². The van der Waals surface area contributed by atoms with Gasteiger partial charge in [-0.3, -0.25) is 4.79 Å². The van der Waals surface area contributed by atoms with Crippen LogP contribution in [0.15, 0.2) is 0 Å². The van der Waals surface area contributed by atoms with Gasteiger partial charge < -0.3 is 16.0 Å². The molecule has 8 heavy (non-hydrogen) atoms. The predicted molar refractivity (Wildman–Crippen MR) is 29.0 cm³/mol. The van der Waals surface area contributed by atoms with E-state index in [-0.39, 0.29) is 12.5 Å². The Hall–Kier alpha value is -0.610. The molecule has 0 bridgehead atoms. The van der Waals surface area contributed by atoms with E-state index in [2.05, 4.69) is 16.0 Å². The fourth-order valence-electron chi connectivity index (χ4n) is 0.281. The molecular weight excluding hydrogens is 108 g/mol. The topological polar surface area (TPSA) is 66.4 Å². The Balaban J connectivity index is 3.06. The fourth-order valence-corrected chi connectivity index (χ4v) is 0.281. The number of rotatable bonds is 3. The number of carbonyl (C=O) groups excluding carboxylic acids is 1. The number of nitrogens with two attached hydrogens (primary N) is 1. The second-order valence-electron chi connectivity index (χ2n) is 1.15. The number of carbonyl (C=O) groups is 1. The van der Waals surface area contributed by atoms with E-state index in [0.717, 1.165) is 0 Å². The monoisotopic (exact) mass is 117 g/mol. The molecule has 0 aliphatic heterocycles. The Morgan fingerprint density at radius 2 is 2.50 bits per heavy atom. The molecule has 0 saturated carbocycles.